The van der Waals surface area contributed by atoms with Crippen molar-refractivity contribution >= 4 is 16.8 Å². The molecular formula is C29H32N6O2. The lowest BCUT2D eigenvalue weighted by molar-refractivity contribution is 0.0374. The highest BCUT2D eigenvalue weighted by molar-refractivity contribution is 6.03. The number of carbonyl (C=O) groups is 1. The van der Waals surface area contributed by atoms with E-state index in [4.69, 9.17) is 14.8 Å². The molecule has 1 N–H and O–H groups in total. The van der Waals surface area contributed by atoms with E-state index >= 15 is 0 Å². The lowest BCUT2D eigenvalue weighted by atomic mass is 9.96. The third-order valence-corrected chi connectivity index (χ3v) is 7.29. The predicted molar refractivity (Wildman–Crippen MR) is 143 cm³/mol. The van der Waals surface area contributed by atoms with Gasteiger partial charge in [0.05, 0.1) is 24.4 Å². The molecule has 4 aromatic rings. The van der Waals surface area contributed by atoms with E-state index < -0.39 is 0 Å². The Morgan fingerprint density at radius 1 is 1.11 bits per heavy atom. The van der Waals surface area contributed by atoms with Gasteiger partial charge in [0, 0.05) is 60.3 Å². The standard InChI is InChI=1S/C29H32N6O2/c1-20-5-2-6-24(32-20)28-27(26-7-3-14-35(26)33-28)23-10-12-30-25-19-21(8-9-22(23)25)29(36)31-11-4-13-34-15-17-37-18-16-34/h2,5-6,8-10,12,19H,3-4,7,11,13-18H2,1H3,(H,31,36). The smallest absolute Gasteiger partial charge is 0.251 e. The van der Waals surface area contributed by atoms with Gasteiger partial charge in [0.15, 0.2) is 0 Å². The molecule has 1 saturated heterocycles. The van der Waals surface area contributed by atoms with Gasteiger partial charge >= 0.3 is 0 Å². The number of benzene rings is 1. The van der Waals surface area contributed by atoms with E-state index in [1.165, 1.54) is 5.69 Å². The van der Waals surface area contributed by atoms with E-state index in [0.717, 1.165) is 97.8 Å². The van der Waals surface area contributed by atoms with Crippen LogP contribution in [0.1, 0.15) is 34.6 Å². The maximum atomic E-state index is 12.9. The fourth-order valence-corrected chi connectivity index (χ4v) is 5.41. The summed E-state index contributed by atoms with van der Waals surface area (Å²) >= 11 is 0. The molecule has 0 bridgehead atoms. The largest absolute Gasteiger partial charge is 0.379 e. The van der Waals surface area contributed by atoms with Crippen molar-refractivity contribution < 1.29 is 9.53 Å². The summed E-state index contributed by atoms with van der Waals surface area (Å²) in [5.74, 6) is -0.0628. The Kier molecular flexibility index (Phi) is 6.68. The van der Waals surface area contributed by atoms with Crippen molar-refractivity contribution in [2.75, 3.05) is 39.4 Å². The second kappa shape index (κ2) is 10.4. The summed E-state index contributed by atoms with van der Waals surface area (Å²) in [5.41, 5.74) is 7.66. The van der Waals surface area contributed by atoms with Gasteiger partial charge in [-0.2, -0.15) is 5.10 Å². The lowest BCUT2D eigenvalue weighted by Gasteiger charge is -2.26. The molecule has 2 aliphatic heterocycles. The Morgan fingerprint density at radius 2 is 2.00 bits per heavy atom. The number of aryl methyl sites for hydroxylation is 2. The zero-order valence-electron chi connectivity index (χ0n) is 21.2. The SMILES string of the molecule is Cc1cccc(-c2nn3c(c2-c2ccnc4cc(C(=O)NCCCN5CCOCC5)ccc24)CCC3)n1. The second-order valence-corrected chi connectivity index (χ2v) is 9.82. The maximum Gasteiger partial charge on any atom is 0.251 e. The first kappa shape index (κ1) is 23.8. The Morgan fingerprint density at radius 3 is 2.86 bits per heavy atom. The van der Waals surface area contributed by atoms with Crippen LogP contribution in [0.25, 0.3) is 33.4 Å². The number of fused-ring (bicyclic) bond motifs is 2. The molecule has 0 radical (unpaired) electrons. The Balaban J connectivity index is 1.26. The van der Waals surface area contributed by atoms with Crippen LogP contribution < -0.4 is 5.32 Å². The molecule has 1 aromatic carbocycles. The maximum absolute atomic E-state index is 12.9. The number of carbonyl (C=O) groups excluding carboxylic acids is 1. The van der Waals surface area contributed by atoms with E-state index in [-0.39, 0.29) is 5.91 Å². The number of rotatable bonds is 7. The van der Waals surface area contributed by atoms with Crippen molar-refractivity contribution in [2.45, 2.75) is 32.7 Å². The molecule has 37 heavy (non-hydrogen) atoms. The average Bonchev–Trinajstić information content (AvgIpc) is 3.53. The molecule has 0 unspecified atom stereocenters. The Labute approximate surface area is 216 Å². The second-order valence-electron chi connectivity index (χ2n) is 9.82. The van der Waals surface area contributed by atoms with Crippen LogP contribution in [0.15, 0.2) is 48.7 Å². The van der Waals surface area contributed by atoms with Gasteiger partial charge < -0.3 is 10.1 Å². The van der Waals surface area contributed by atoms with Crippen LogP contribution in [0.5, 0.6) is 0 Å². The normalized spacial score (nSPS) is 15.7. The molecule has 0 spiro atoms. The number of hydrogen-bond acceptors (Lipinski definition) is 6. The zero-order valence-corrected chi connectivity index (χ0v) is 21.2. The molecule has 3 aromatic heterocycles. The minimum atomic E-state index is -0.0628. The lowest BCUT2D eigenvalue weighted by Crippen LogP contribution is -2.38. The van der Waals surface area contributed by atoms with Gasteiger partial charge in [0.1, 0.15) is 5.69 Å². The van der Waals surface area contributed by atoms with Gasteiger partial charge in [-0.15, -0.1) is 0 Å². The Hall–Kier alpha value is -3.62. The fraction of sp³-hybridized carbons (Fsp3) is 0.379. The van der Waals surface area contributed by atoms with Crippen LogP contribution in [0.2, 0.25) is 0 Å². The van der Waals surface area contributed by atoms with Crippen LogP contribution in [0, 0.1) is 6.92 Å². The molecule has 5 heterocycles. The summed E-state index contributed by atoms with van der Waals surface area (Å²) in [6.07, 6.45) is 4.83. The molecule has 0 atom stereocenters. The number of pyridine rings is 2. The highest BCUT2D eigenvalue weighted by atomic mass is 16.5. The summed E-state index contributed by atoms with van der Waals surface area (Å²) in [4.78, 5) is 24.7. The van der Waals surface area contributed by atoms with Gasteiger partial charge in [-0.05, 0) is 68.6 Å². The first-order valence-electron chi connectivity index (χ1n) is 13.2. The number of morpholine rings is 1. The number of nitrogens with zero attached hydrogens (tertiary/aromatic N) is 5. The van der Waals surface area contributed by atoms with E-state index in [1.807, 2.05) is 49.5 Å². The van der Waals surface area contributed by atoms with Crippen molar-refractivity contribution in [1.29, 1.82) is 0 Å². The average molecular weight is 497 g/mol. The van der Waals surface area contributed by atoms with Crippen molar-refractivity contribution in [3.05, 3.63) is 65.6 Å². The third-order valence-electron chi connectivity index (χ3n) is 7.29. The van der Waals surface area contributed by atoms with E-state index in [1.54, 1.807) is 0 Å². The molecule has 0 saturated carbocycles. The topological polar surface area (TPSA) is 85.2 Å². The molecule has 1 amide bonds. The summed E-state index contributed by atoms with van der Waals surface area (Å²) in [7, 11) is 0. The molecular weight excluding hydrogens is 464 g/mol. The van der Waals surface area contributed by atoms with Gasteiger partial charge in [-0.25, -0.2) is 0 Å². The third kappa shape index (κ3) is 4.86. The van der Waals surface area contributed by atoms with E-state index in [0.29, 0.717) is 12.1 Å². The minimum Gasteiger partial charge on any atom is -0.379 e. The minimum absolute atomic E-state index is 0.0628. The molecule has 1 fully saturated rings. The van der Waals surface area contributed by atoms with Crippen LogP contribution in [-0.4, -0.2) is 69.9 Å². The molecule has 8 nitrogen and oxygen atoms in total. The predicted octanol–water partition coefficient (Wildman–Crippen LogP) is 3.87. The highest BCUT2D eigenvalue weighted by Crippen LogP contribution is 2.39. The van der Waals surface area contributed by atoms with Crippen LogP contribution in [0.4, 0.5) is 0 Å². The van der Waals surface area contributed by atoms with Crippen LogP contribution in [0.3, 0.4) is 0 Å². The van der Waals surface area contributed by atoms with Crippen LogP contribution >= 0.6 is 0 Å². The van der Waals surface area contributed by atoms with Gasteiger partial charge in [-0.1, -0.05) is 12.1 Å². The number of aromatic nitrogens is 4. The number of amides is 1. The summed E-state index contributed by atoms with van der Waals surface area (Å²) in [6.45, 7) is 8.08. The van der Waals surface area contributed by atoms with Crippen molar-refractivity contribution in [2.24, 2.45) is 0 Å². The van der Waals surface area contributed by atoms with Crippen molar-refractivity contribution in [3.8, 4) is 22.5 Å². The van der Waals surface area contributed by atoms with Crippen LogP contribution in [-0.2, 0) is 17.7 Å². The van der Waals surface area contributed by atoms with E-state index in [2.05, 4.69) is 25.9 Å². The van der Waals surface area contributed by atoms with Crippen molar-refractivity contribution in [3.63, 3.8) is 0 Å². The number of hydrogen-bond donors (Lipinski definition) is 1. The number of nitrogens with one attached hydrogen (secondary N) is 1. The van der Waals surface area contributed by atoms with E-state index in [9.17, 15) is 4.79 Å². The fourth-order valence-electron chi connectivity index (χ4n) is 5.41. The summed E-state index contributed by atoms with van der Waals surface area (Å²) in [6, 6.07) is 13.9. The molecule has 6 rings (SSSR count). The first-order valence-corrected chi connectivity index (χ1v) is 13.2. The molecule has 190 valence electrons. The highest BCUT2D eigenvalue weighted by Gasteiger charge is 2.26. The van der Waals surface area contributed by atoms with Gasteiger partial charge in [0.2, 0.25) is 0 Å². The van der Waals surface area contributed by atoms with Gasteiger partial charge in [0.25, 0.3) is 5.91 Å². The summed E-state index contributed by atoms with van der Waals surface area (Å²) < 4.78 is 7.52. The van der Waals surface area contributed by atoms with Crippen molar-refractivity contribution in [1.82, 2.24) is 30.0 Å². The van der Waals surface area contributed by atoms with Gasteiger partial charge in [-0.3, -0.25) is 24.3 Å². The molecule has 8 heteroatoms. The zero-order chi connectivity index (χ0) is 25.2. The quantitative estimate of drug-likeness (QED) is 0.391. The summed E-state index contributed by atoms with van der Waals surface area (Å²) in [5, 5.41) is 9.05. The molecule has 2 aliphatic rings. The number of ether oxygens (including phenoxy) is 1. The Bertz CT molecular complexity index is 1440. The first-order chi connectivity index (χ1) is 18.2. The monoisotopic (exact) mass is 496 g/mol. The molecule has 0 aliphatic carbocycles.